The third kappa shape index (κ3) is 15.4. The van der Waals surface area contributed by atoms with Crippen LogP contribution in [0.5, 0.6) is 0 Å². The second-order valence-corrected chi connectivity index (χ2v) is 23.9. The molecule has 0 spiro atoms. The Labute approximate surface area is 556 Å². The van der Waals surface area contributed by atoms with Crippen molar-refractivity contribution < 1.29 is 23.5 Å². The van der Waals surface area contributed by atoms with Gasteiger partial charge >= 0.3 is 11.9 Å². The highest BCUT2D eigenvalue weighted by Crippen LogP contribution is 2.52. The minimum atomic E-state index is -0.626. The molecule has 91 heavy (non-hydrogen) atoms. The Kier molecular flexibility index (Phi) is 21.4. The van der Waals surface area contributed by atoms with E-state index in [-0.39, 0.29) is 5.91 Å². The van der Waals surface area contributed by atoms with E-state index in [2.05, 4.69) is 89.4 Å². The number of hydrogen-bond acceptors (Lipinski definition) is 20. The minimum absolute atomic E-state index is 0.233. The Bertz CT molecular complexity index is 4630. The first-order chi connectivity index (χ1) is 43.8. The maximum absolute atomic E-state index is 13.6. The van der Waals surface area contributed by atoms with E-state index in [0.717, 1.165) is 25.8 Å². The summed E-state index contributed by atoms with van der Waals surface area (Å²) in [5, 5.41) is 67.2. The van der Waals surface area contributed by atoms with Crippen molar-refractivity contribution in [3.63, 3.8) is 0 Å². The van der Waals surface area contributed by atoms with E-state index >= 15 is 0 Å². The number of thiophene rings is 3. The molecular formula is C60H36Cl6FN17O4S3. The van der Waals surface area contributed by atoms with Gasteiger partial charge in [-0.25, -0.2) is 15.0 Å². The van der Waals surface area contributed by atoms with Crippen LogP contribution >= 0.6 is 104 Å². The average molecular weight is 1390 g/mol. The maximum Gasteiger partial charge on any atom is 0.310 e. The summed E-state index contributed by atoms with van der Waals surface area (Å²) in [7, 11) is 0. The maximum atomic E-state index is 13.6. The number of hydrogen-bond donors (Lipinski definition) is 5. The summed E-state index contributed by atoms with van der Waals surface area (Å²) in [6, 6.07) is 32.1. The van der Waals surface area contributed by atoms with Gasteiger partial charge in [-0.15, -0.1) is 34.0 Å². The predicted octanol–water partition coefficient (Wildman–Crippen LogP) is 16.1. The summed E-state index contributed by atoms with van der Waals surface area (Å²) in [5.74, 6) is -1.22. The zero-order valence-corrected chi connectivity index (χ0v) is 53.6. The normalized spacial score (nSPS) is 10.5. The number of amides is 1. The van der Waals surface area contributed by atoms with Crippen LogP contribution < -0.4 is 11.1 Å². The Morgan fingerprint density at radius 3 is 1.18 bits per heavy atom. The smallest absolute Gasteiger partial charge is 0.310 e. The van der Waals surface area contributed by atoms with Gasteiger partial charge in [0.1, 0.15) is 46.9 Å². The second kappa shape index (κ2) is 29.7. The van der Waals surface area contributed by atoms with Gasteiger partial charge in [-0.1, -0.05) is 87.8 Å². The van der Waals surface area contributed by atoms with Crippen LogP contribution in [0.3, 0.4) is 0 Å². The third-order valence-electron chi connectivity index (χ3n) is 12.3. The highest BCUT2D eigenvalue weighted by molar-refractivity contribution is 7.20. The lowest BCUT2D eigenvalue weighted by Gasteiger charge is -2.07. The average Bonchev–Trinajstić information content (AvgIpc) is 1.64. The summed E-state index contributed by atoms with van der Waals surface area (Å²) in [4.78, 5) is 47.0. The van der Waals surface area contributed by atoms with E-state index in [0.29, 0.717) is 129 Å². The van der Waals surface area contributed by atoms with Crippen molar-refractivity contribution >= 4 is 133 Å². The van der Waals surface area contributed by atoms with Crippen LogP contribution in [-0.2, 0) is 19.1 Å². The number of nitriles is 3. The number of nitrogens with one attached hydrogen (secondary N) is 4. The molecule has 6 N–H and O–H groups in total. The van der Waals surface area contributed by atoms with Gasteiger partial charge in [0.2, 0.25) is 11.9 Å². The molecule has 3 aromatic carbocycles. The Morgan fingerprint density at radius 1 is 0.505 bits per heavy atom. The lowest BCUT2D eigenvalue weighted by atomic mass is 9.98. The molecule has 452 valence electrons. The number of rotatable bonds is 10. The first-order valence-electron chi connectivity index (χ1n) is 25.7. The van der Waals surface area contributed by atoms with Gasteiger partial charge in [-0.2, -0.15) is 66.4 Å². The number of carbonyl (C=O) groups is 3. The van der Waals surface area contributed by atoms with Crippen molar-refractivity contribution in [2.75, 3.05) is 11.1 Å². The first-order valence-corrected chi connectivity index (χ1v) is 30.4. The zero-order valence-electron chi connectivity index (χ0n) is 46.6. The molecular weight excluding hydrogens is 1350 g/mol. The summed E-state index contributed by atoms with van der Waals surface area (Å²) < 4.78 is 17.6. The number of ether oxygens (including phenoxy) is 1. The lowest BCUT2D eigenvalue weighted by molar-refractivity contribution is -0.156. The number of halogens is 7. The second-order valence-electron chi connectivity index (χ2n) is 18.3. The standard InChI is InChI=1S/C20H12Cl2N6OS.C18H8Cl2FN5S.C18H10Cl2N6S.C4H6O3/c1-10(29)26-17-6-11(4-5-24-17)19-14(8-23)18(13-3-2-12(21)7-15(13)22)20(30-19)16-9-25-28-27-16;19-10-1-2-11(13(20)6-10)16-12(7-22)17(9-3-4-23-15(21)5-9)27-18(16)14-8-24-26-25-14;19-10-1-2-11(13(20)6-10)16-12(7-21)17(9-3-4-23-15(22)5-9)27-18(16)14-8-24-26-25-14;1-3(5)7-4(2)6/h2-7,9H,1H3,(H,24,26,29)(H,25,27,28);1-6,8H,(H,24,25,26);1-6,8H,(H2,22,23)(H,24,25,26);1-2H3. The molecule has 0 radical (unpaired) electrons. The van der Waals surface area contributed by atoms with E-state index in [4.69, 9.17) is 75.3 Å². The number of aromatic nitrogens is 12. The summed E-state index contributed by atoms with van der Waals surface area (Å²) in [6.07, 6.45) is 9.28. The molecule has 12 aromatic rings. The van der Waals surface area contributed by atoms with Gasteiger partial charge in [0.25, 0.3) is 0 Å². The molecule has 0 aliphatic heterocycles. The van der Waals surface area contributed by atoms with Crippen molar-refractivity contribution in [2.24, 2.45) is 0 Å². The van der Waals surface area contributed by atoms with Crippen LogP contribution in [0.1, 0.15) is 37.5 Å². The van der Waals surface area contributed by atoms with Gasteiger partial charge in [-0.05, 0) is 83.4 Å². The Morgan fingerprint density at radius 2 is 0.868 bits per heavy atom. The van der Waals surface area contributed by atoms with Crippen molar-refractivity contribution in [1.82, 2.24) is 61.2 Å². The predicted molar refractivity (Wildman–Crippen MR) is 350 cm³/mol. The topological polar surface area (TPSA) is 333 Å². The van der Waals surface area contributed by atoms with Crippen LogP contribution in [0.4, 0.5) is 16.0 Å². The molecule has 0 aliphatic rings. The molecule has 0 saturated heterocycles. The molecule has 21 nitrogen and oxygen atoms in total. The molecule has 0 bridgehead atoms. The lowest BCUT2D eigenvalue weighted by Crippen LogP contribution is -2.07. The van der Waals surface area contributed by atoms with Crippen LogP contribution in [-0.4, -0.2) is 79.0 Å². The Balaban J connectivity index is 0.000000153. The zero-order chi connectivity index (χ0) is 65.0. The molecule has 9 heterocycles. The number of benzene rings is 3. The number of H-pyrrole nitrogens is 3. The number of pyridine rings is 3. The molecule has 0 unspecified atom stereocenters. The van der Waals surface area contributed by atoms with Crippen LogP contribution in [0.25, 0.3) is 96.4 Å². The van der Waals surface area contributed by atoms with Crippen molar-refractivity contribution in [2.45, 2.75) is 20.8 Å². The minimum Gasteiger partial charge on any atom is -0.394 e. The number of esters is 2. The molecule has 9 aromatic heterocycles. The van der Waals surface area contributed by atoms with Crippen LogP contribution in [0.2, 0.25) is 30.1 Å². The summed E-state index contributed by atoms with van der Waals surface area (Å²) in [6.45, 7) is 3.77. The number of anilines is 2. The number of nitrogen functional groups attached to an aromatic ring is 1. The third-order valence-corrected chi connectivity index (χ3v) is 17.7. The van der Waals surface area contributed by atoms with Gasteiger partial charge in [-0.3, -0.25) is 14.4 Å². The molecule has 31 heteroatoms. The van der Waals surface area contributed by atoms with E-state index in [9.17, 15) is 34.6 Å². The number of aromatic amines is 3. The SMILES string of the molecule is CC(=O)Nc1cc(-c2sc(-c3cn[nH]n3)c(-c3ccc(Cl)cc3Cl)c2C#N)ccn1.CC(=O)OC(C)=O.N#Cc1c(-c2ccnc(F)c2)sc(-c2cn[nH]n2)c1-c1ccc(Cl)cc1Cl.N#Cc1c(-c2ccnc(N)c2)sc(-c2cn[nH]n2)c1-c1ccc(Cl)cc1Cl. The van der Waals surface area contributed by atoms with Gasteiger partial charge < -0.3 is 15.8 Å². The quantitative estimate of drug-likeness (QED) is 0.0482. The first kappa shape index (κ1) is 65.6. The van der Waals surface area contributed by atoms with Crippen molar-refractivity contribution in [3.8, 4) is 115 Å². The van der Waals surface area contributed by atoms with E-state index in [1.165, 1.54) is 67.0 Å². The largest absolute Gasteiger partial charge is 0.394 e. The number of nitrogens with two attached hydrogens (primary N) is 1. The van der Waals surface area contributed by atoms with Gasteiger partial charge in [0, 0.05) is 109 Å². The fourth-order valence-electron chi connectivity index (χ4n) is 8.70. The highest BCUT2D eigenvalue weighted by atomic mass is 35.5. The highest BCUT2D eigenvalue weighted by Gasteiger charge is 2.28. The van der Waals surface area contributed by atoms with Crippen molar-refractivity contribution in [3.05, 3.63) is 181 Å². The van der Waals surface area contributed by atoms with Crippen LogP contribution in [0, 0.1) is 39.9 Å². The van der Waals surface area contributed by atoms with Gasteiger partial charge in [0.15, 0.2) is 0 Å². The van der Waals surface area contributed by atoms with E-state index < -0.39 is 17.9 Å². The molecule has 1 amide bonds. The Hall–Kier alpha value is -9.82. The van der Waals surface area contributed by atoms with E-state index in [1.807, 2.05) is 6.07 Å². The summed E-state index contributed by atoms with van der Waals surface area (Å²) in [5.41, 5.74) is 14.9. The fraction of sp³-hybridized carbons (Fsp3) is 0.0500. The molecule has 0 aliphatic carbocycles. The molecule has 0 fully saturated rings. The molecule has 0 saturated carbocycles. The van der Waals surface area contributed by atoms with E-state index in [1.54, 1.807) is 110 Å². The monoisotopic (exact) mass is 1380 g/mol. The van der Waals surface area contributed by atoms with Gasteiger partial charge in [0.05, 0.1) is 64.5 Å². The number of carbonyl (C=O) groups excluding carboxylic acids is 3. The number of nitrogens with zero attached hydrogens (tertiary/aromatic N) is 12. The van der Waals surface area contributed by atoms with Crippen molar-refractivity contribution in [1.29, 1.82) is 15.8 Å². The molecule has 12 rings (SSSR count). The fourth-order valence-corrected chi connectivity index (χ4v) is 13.9. The van der Waals surface area contributed by atoms with Crippen LogP contribution in [0.15, 0.2) is 128 Å². The molecule has 0 atom stereocenters. The summed E-state index contributed by atoms with van der Waals surface area (Å²) >= 11 is 41.5.